The van der Waals surface area contributed by atoms with Gasteiger partial charge in [0, 0.05) is 21.5 Å². The Morgan fingerprint density at radius 3 is 0.632 bits per heavy atom. The predicted octanol–water partition coefficient (Wildman–Crippen LogP) is 10.8. The molecule has 0 fully saturated rings. The van der Waals surface area contributed by atoms with Gasteiger partial charge in [0.1, 0.15) is 0 Å². The Morgan fingerprint density at radius 1 is 0.263 bits per heavy atom. The minimum absolute atomic E-state index is 0. The molecule has 8 bridgehead atoms. The fraction of sp³-hybridized carbons (Fsp3) is 0. The van der Waals surface area contributed by atoms with Crippen LogP contribution in [0, 0.1) is 93.1 Å². The van der Waals surface area contributed by atoms with Crippen LogP contribution in [0.5, 0.6) is 0 Å². The number of aromatic nitrogens is 4. The van der Waals surface area contributed by atoms with Crippen molar-refractivity contribution in [3.05, 3.63) is 117 Å². The number of hydrogen-bond acceptors (Lipinski definition) is 2. The first-order valence-electron chi connectivity index (χ1n) is 15.1. The van der Waals surface area contributed by atoms with Gasteiger partial charge in [0.05, 0.1) is 45.0 Å². The summed E-state index contributed by atoms with van der Waals surface area (Å²) < 4.78 is 241. The number of benzene rings is 4. The third-order valence-electron chi connectivity index (χ3n) is 9.17. The van der Waals surface area contributed by atoms with E-state index in [1.54, 1.807) is 0 Å². The standard InChI is InChI=1S/C36H4F16N4.Zn/c37-21-13-5-1-6-14-16(24(40)32(48)30(46)22(14)38)8(54-6)3-10-18-20(28(44)36(52)34(50)26(18)42)12(56-10)4-11-19-17(25(41)33(49)35(51)27(19)43)9(55-11)2-7(53-5)15(13)23(39)31(47)29(21)45;/h1-4H;/q-2;+2. The first kappa shape index (κ1) is 37.9. The maximum atomic E-state index is 15.5. The Bertz CT molecular complexity index is 2810. The molecule has 4 aromatic carbocycles. The van der Waals surface area contributed by atoms with E-state index in [4.69, 9.17) is 0 Å². The Balaban J connectivity index is 0.00000455. The molecule has 21 heteroatoms. The fourth-order valence-corrected chi connectivity index (χ4v) is 6.77. The summed E-state index contributed by atoms with van der Waals surface area (Å²) in [7, 11) is 0. The average molecular weight is 862 g/mol. The molecule has 57 heavy (non-hydrogen) atoms. The number of halogens is 16. The Kier molecular flexibility index (Phi) is 8.32. The summed E-state index contributed by atoms with van der Waals surface area (Å²) in [4.78, 5) is 15.2. The van der Waals surface area contributed by atoms with Crippen molar-refractivity contribution < 1.29 is 89.7 Å². The quantitative estimate of drug-likeness (QED) is 0.0660. The normalized spacial score (nSPS) is 12.1. The van der Waals surface area contributed by atoms with Crippen LogP contribution in [-0.2, 0) is 19.5 Å². The van der Waals surface area contributed by atoms with Gasteiger partial charge in [-0.05, 0) is 24.3 Å². The molecule has 0 atom stereocenters. The second kappa shape index (κ2) is 12.5. The van der Waals surface area contributed by atoms with E-state index in [-0.39, 0.29) is 19.5 Å². The Morgan fingerprint density at radius 2 is 0.439 bits per heavy atom. The fourth-order valence-electron chi connectivity index (χ4n) is 6.77. The van der Waals surface area contributed by atoms with E-state index in [1.165, 1.54) is 0 Å². The van der Waals surface area contributed by atoms with Gasteiger partial charge in [-0.3, -0.25) is 0 Å². The molecular weight excluding hydrogens is 858 g/mol. The smallest absolute Gasteiger partial charge is 0.657 e. The summed E-state index contributed by atoms with van der Waals surface area (Å²) in [5, 5.41) is -5.23. The molecule has 4 nitrogen and oxygen atoms in total. The summed E-state index contributed by atoms with van der Waals surface area (Å²) >= 11 is 0. The van der Waals surface area contributed by atoms with E-state index in [0.29, 0.717) is 24.3 Å². The van der Waals surface area contributed by atoms with Gasteiger partial charge in [0.2, 0.25) is 0 Å². The first-order valence-corrected chi connectivity index (χ1v) is 15.1. The van der Waals surface area contributed by atoms with Crippen molar-refractivity contribution in [3.63, 3.8) is 0 Å². The van der Waals surface area contributed by atoms with Crippen molar-refractivity contribution in [2.24, 2.45) is 0 Å². The van der Waals surface area contributed by atoms with Gasteiger partial charge in [-0.2, -0.15) is 0 Å². The molecular formula is C36H4F16N4Zn. The van der Waals surface area contributed by atoms with E-state index >= 15 is 35.1 Å². The molecule has 0 unspecified atom stereocenters. The third-order valence-corrected chi connectivity index (χ3v) is 9.17. The van der Waals surface area contributed by atoms with E-state index in [1.807, 2.05) is 0 Å². The second-order valence-electron chi connectivity index (χ2n) is 12.1. The van der Waals surface area contributed by atoms with Gasteiger partial charge in [0.15, 0.2) is 93.1 Å². The largest absolute Gasteiger partial charge is 2.00 e. The molecule has 2 aliphatic heterocycles. The topological polar surface area (TPSA) is 54.0 Å². The van der Waals surface area contributed by atoms with Crippen LogP contribution in [0.4, 0.5) is 70.2 Å². The van der Waals surface area contributed by atoms with Crippen LogP contribution in [-0.4, -0.2) is 9.97 Å². The van der Waals surface area contributed by atoms with Crippen LogP contribution in [0.15, 0.2) is 24.3 Å². The van der Waals surface area contributed by atoms with E-state index in [0.717, 1.165) is 0 Å². The number of nitrogens with zero attached hydrogens (tertiary/aromatic N) is 4. The van der Waals surface area contributed by atoms with Crippen molar-refractivity contribution in [2.45, 2.75) is 0 Å². The van der Waals surface area contributed by atoms with E-state index < -0.39 is 182 Å². The molecule has 3 aromatic heterocycles. The molecule has 0 N–H and O–H groups in total. The zero-order valence-corrected chi connectivity index (χ0v) is 29.8. The van der Waals surface area contributed by atoms with Gasteiger partial charge >= 0.3 is 19.5 Å². The van der Waals surface area contributed by atoms with E-state index in [9.17, 15) is 35.1 Å². The summed E-state index contributed by atoms with van der Waals surface area (Å²) in [6.07, 6.45) is 0. The molecule has 0 radical (unpaired) electrons. The predicted molar refractivity (Wildman–Crippen MR) is 162 cm³/mol. The van der Waals surface area contributed by atoms with Crippen molar-refractivity contribution in [1.29, 1.82) is 0 Å². The summed E-state index contributed by atoms with van der Waals surface area (Å²) in [5.74, 6) is -37.3. The molecule has 0 saturated heterocycles. The van der Waals surface area contributed by atoms with Gasteiger partial charge in [0.25, 0.3) is 0 Å². The van der Waals surface area contributed by atoms with Crippen LogP contribution in [0.25, 0.3) is 88.6 Å². The first-order chi connectivity index (χ1) is 26.4. The number of fused-ring (bicyclic) bond motifs is 20. The zero-order chi connectivity index (χ0) is 40.1. The average Bonchev–Trinajstić information content (AvgIpc) is 3.92. The molecule has 0 saturated carbocycles. The molecule has 9 rings (SSSR count). The van der Waals surface area contributed by atoms with Crippen LogP contribution < -0.4 is 9.97 Å². The third kappa shape index (κ3) is 4.86. The van der Waals surface area contributed by atoms with Crippen molar-refractivity contribution in [2.75, 3.05) is 0 Å². The van der Waals surface area contributed by atoms with Crippen LogP contribution in [0.1, 0.15) is 0 Å². The van der Waals surface area contributed by atoms with Crippen molar-refractivity contribution in [1.82, 2.24) is 19.9 Å². The van der Waals surface area contributed by atoms with Crippen LogP contribution in [0.2, 0.25) is 0 Å². The summed E-state index contributed by atoms with van der Waals surface area (Å²) in [5.41, 5.74) is -13.8. The molecule has 0 aliphatic carbocycles. The molecule has 5 heterocycles. The van der Waals surface area contributed by atoms with Crippen LogP contribution >= 0.6 is 0 Å². The molecule has 0 spiro atoms. The maximum absolute atomic E-state index is 15.5. The van der Waals surface area contributed by atoms with Gasteiger partial charge in [-0.15, -0.1) is 22.1 Å². The minimum Gasteiger partial charge on any atom is -0.657 e. The van der Waals surface area contributed by atoms with Crippen molar-refractivity contribution in [3.8, 4) is 45.0 Å². The summed E-state index contributed by atoms with van der Waals surface area (Å²) in [6, 6.07) is 1.53. The number of hydrogen-bond donors (Lipinski definition) is 0. The number of rotatable bonds is 0. The maximum Gasteiger partial charge on any atom is 2.00 e. The SMILES string of the molecule is Fc1c(F)c(F)c2c(c1F)-c1cc3[n-]c(cc4nc(cc5[n-]c(cc-2n1)c1c(F)c(F)c(F)c(F)c51)-c1c(F)c(F)c(F)c(F)c1-4)c1c(F)c(F)c(F)c(F)c31.[Zn+2]. The van der Waals surface area contributed by atoms with Gasteiger partial charge < -0.3 is 9.97 Å². The minimum atomic E-state index is -2.46. The molecule has 282 valence electrons. The Hall–Kier alpha value is -5.98. The zero-order valence-electron chi connectivity index (χ0n) is 26.9. The second-order valence-corrected chi connectivity index (χ2v) is 12.1. The van der Waals surface area contributed by atoms with Gasteiger partial charge in [-0.1, -0.05) is 0 Å². The molecule has 2 aliphatic rings. The summed E-state index contributed by atoms with van der Waals surface area (Å²) in [6.45, 7) is 0. The monoisotopic (exact) mass is 860 g/mol. The van der Waals surface area contributed by atoms with Crippen molar-refractivity contribution >= 4 is 43.6 Å². The molecule has 7 aromatic rings. The molecule has 0 amide bonds. The van der Waals surface area contributed by atoms with E-state index in [2.05, 4.69) is 19.9 Å². The van der Waals surface area contributed by atoms with Gasteiger partial charge in [-0.25, -0.2) is 80.2 Å². The van der Waals surface area contributed by atoms with Crippen LogP contribution in [0.3, 0.4) is 0 Å². The Labute approximate surface area is 315 Å².